The molecule has 4 fully saturated rings. The molecule has 7 rings (SSSR count). The summed E-state index contributed by atoms with van der Waals surface area (Å²) in [6.07, 6.45) is -11.6. The summed E-state index contributed by atoms with van der Waals surface area (Å²) < 4.78 is 77.8. The fourth-order valence-corrected chi connectivity index (χ4v) is 14.1. The number of hydrogen-bond donors (Lipinski definition) is 8. The summed E-state index contributed by atoms with van der Waals surface area (Å²) in [7, 11) is 10.8. The van der Waals surface area contributed by atoms with Crippen LogP contribution in [0.4, 0.5) is 10.5 Å². The second kappa shape index (κ2) is 33.3. The van der Waals surface area contributed by atoms with Crippen LogP contribution in [0.5, 0.6) is 11.5 Å². The van der Waals surface area contributed by atoms with Gasteiger partial charge in [0, 0.05) is 61.4 Å². The Hall–Kier alpha value is -4.62. The monoisotopic (exact) mass is 1320 g/mol. The number of thioether (sulfide) groups is 1. The molecule has 1 aromatic carbocycles. The molecule has 4 heterocycles. The third-order valence-corrected chi connectivity index (χ3v) is 20.2. The number of hydrogen-bond acceptors (Lipinski definition) is 28. The van der Waals surface area contributed by atoms with Crippen LogP contribution in [0.15, 0.2) is 59.5 Å². The van der Waals surface area contributed by atoms with E-state index in [0.29, 0.717) is 0 Å². The van der Waals surface area contributed by atoms with E-state index in [9.17, 15) is 34.8 Å². The van der Waals surface area contributed by atoms with Gasteiger partial charge in [-0.2, -0.15) is 17.2 Å². The Labute approximate surface area is 533 Å². The number of anilines is 1. The Morgan fingerprint density at radius 2 is 1.56 bits per heavy atom. The molecule has 6 aliphatic rings. The lowest BCUT2D eigenvalue weighted by atomic mass is 9.73. The SMILES string of the molecule is C=C(OC)C(=O)Nc1cc(OC)c(OC)cc1C(=O)O[C@@H]1[C@H](C)O[C@@H](OC2C(=O)C(NC(=O)OC)=C3C(=CCSSSC)C2(O)C#C/C=C\C#CC3O[C@H]2O[C@@H](C)[C@H](NO[C@@H]3C[C@@H](O)[C@@H](SC)[C@H](C)O3)[C@@H](O)[C@@H]2O[C@H]2C[C@H](OC)[C@@H](NC(C)C)CO2)C[C@@H]1O. The smallest absolute Gasteiger partial charge is 0.411 e. The highest BCUT2D eigenvalue weighted by atomic mass is 33.5. The van der Waals surface area contributed by atoms with Crippen molar-refractivity contribution < 1.29 is 106 Å². The van der Waals surface area contributed by atoms with Gasteiger partial charge in [-0.05, 0) is 55.3 Å². The van der Waals surface area contributed by atoms with E-state index in [1.54, 1.807) is 20.1 Å². The summed E-state index contributed by atoms with van der Waals surface area (Å²) in [5, 5.41) is 57.0. The molecule has 0 radical (unpaired) electrons. The van der Waals surface area contributed by atoms with E-state index in [2.05, 4.69) is 51.7 Å². The number of amides is 2. The maximum absolute atomic E-state index is 15.5. The number of aliphatic hydroxyl groups excluding tert-OH is 3. The summed E-state index contributed by atoms with van der Waals surface area (Å²) in [4.78, 5) is 62.1. The zero-order valence-electron chi connectivity index (χ0n) is 51.4. The van der Waals surface area contributed by atoms with E-state index in [4.69, 9.17) is 66.4 Å². The van der Waals surface area contributed by atoms with Crippen LogP contribution in [-0.2, 0) is 66.5 Å². The minimum absolute atomic E-state index is 0.0770. The van der Waals surface area contributed by atoms with Crippen LogP contribution in [0, 0.1) is 23.7 Å². The number of allylic oxidation sites excluding steroid dienone is 2. The van der Waals surface area contributed by atoms with Gasteiger partial charge < -0.3 is 92.6 Å². The highest BCUT2D eigenvalue weighted by Crippen LogP contribution is 2.44. The topological polar surface area (TPSA) is 327 Å². The Morgan fingerprint density at radius 3 is 2.21 bits per heavy atom. The number of benzene rings is 1. The number of alkyl carbamates (subject to hydrolysis) is 1. The van der Waals surface area contributed by atoms with Crippen molar-refractivity contribution in [1.82, 2.24) is 16.1 Å². The van der Waals surface area contributed by atoms with Gasteiger partial charge in [-0.3, -0.25) is 19.7 Å². The number of hydroxylamine groups is 1. The summed E-state index contributed by atoms with van der Waals surface area (Å²) in [5.74, 6) is 8.71. The van der Waals surface area contributed by atoms with Crippen LogP contribution < -0.4 is 30.9 Å². The van der Waals surface area contributed by atoms with Crippen molar-refractivity contribution in [2.24, 2.45) is 0 Å². The molecule has 3 unspecified atom stereocenters. The van der Waals surface area contributed by atoms with Crippen LogP contribution >= 0.6 is 43.2 Å². The number of nitrogens with one attached hydrogen (secondary N) is 4. The lowest BCUT2D eigenvalue weighted by Gasteiger charge is -2.47. The van der Waals surface area contributed by atoms with Crippen molar-refractivity contribution in [2.75, 3.05) is 65.7 Å². The van der Waals surface area contributed by atoms with Crippen molar-refractivity contribution in [1.29, 1.82) is 0 Å². The van der Waals surface area contributed by atoms with E-state index >= 15 is 4.79 Å². The van der Waals surface area contributed by atoms with Gasteiger partial charge in [0.15, 0.2) is 60.2 Å². The Balaban J connectivity index is 1.24. The third kappa shape index (κ3) is 17.6. The predicted octanol–water partition coefficient (Wildman–Crippen LogP) is 3.42. The number of fused-ring (bicyclic) bond motifs is 2. The number of Topliss-reactive ketones (excluding diaryl/α,β-unsaturated/α-hetero) is 1. The lowest BCUT2D eigenvalue weighted by Crippen LogP contribution is -2.65. The quantitative estimate of drug-likeness (QED) is 0.0132. The average Bonchev–Trinajstić information content (AvgIpc) is 0.782. The van der Waals surface area contributed by atoms with Crippen LogP contribution in [0.1, 0.15) is 64.2 Å². The molecule has 2 amide bonds. The number of carbonyl (C=O) groups is 4. The van der Waals surface area contributed by atoms with E-state index in [-0.39, 0.29) is 88.3 Å². The van der Waals surface area contributed by atoms with Gasteiger partial charge in [0.25, 0.3) is 5.91 Å². The molecule has 26 nitrogen and oxygen atoms in total. The first kappa shape index (κ1) is 71.8. The normalized spacial score (nSPS) is 34.4. The van der Waals surface area contributed by atoms with Gasteiger partial charge in [-0.25, -0.2) is 9.59 Å². The largest absolute Gasteiger partial charge is 0.493 e. The Bertz CT molecular complexity index is 2880. The third-order valence-electron chi connectivity index (χ3n) is 15.2. The molecular formula is C59H80N4O22S4. The van der Waals surface area contributed by atoms with E-state index in [0.717, 1.165) is 7.11 Å². The van der Waals surface area contributed by atoms with Crippen molar-refractivity contribution >= 4 is 72.6 Å². The molecule has 2 aliphatic carbocycles. The number of ketones is 1. The number of esters is 1. The first-order valence-corrected chi connectivity index (χ1v) is 33.8. The van der Waals surface area contributed by atoms with Gasteiger partial charge in [-0.1, -0.05) is 71.8 Å². The van der Waals surface area contributed by atoms with Crippen molar-refractivity contribution in [2.45, 2.75) is 175 Å². The van der Waals surface area contributed by atoms with Crippen LogP contribution in [0.3, 0.4) is 0 Å². The van der Waals surface area contributed by atoms with Gasteiger partial charge in [0.1, 0.15) is 18.3 Å². The molecule has 8 N–H and O–H groups in total. The molecule has 30 heteroatoms. The zero-order valence-corrected chi connectivity index (χ0v) is 54.6. The minimum Gasteiger partial charge on any atom is -0.493 e. The second-order valence-electron chi connectivity index (χ2n) is 21.4. The highest BCUT2D eigenvalue weighted by Gasteiger charge is 2.57. The molecule has 2 bridgehead atoms. The summed E-state index contributed by atoms with van der Waals surface area (Å²) in [6, 6.07) is 1.42. The van der Waals surface area contributed by atoms with Crippen LogP contribution in [0.25, 0.3) is 0 Å². The Morgan fingerprint density at radius 1 is 0.854 bits per heavy atom. The number of carbonyl (C=O) groups excluding carboxylic acids is 4. The maximum Gasteiger partial charge on any atom is 0.411 e. The molecular weight excluding hydrogens is 1240 g/mol. The van der Waals surface area contributed by atoms with Gasteiger partial charge >= 0.3 is 12.1 Å². The molecule has 0 spiro atoms. The summed E-state index contributed by atoms with van der Waals surface area (Å²) in [5.41, 5.74) is -0.847. The van der Waals surface area contributed by atoms with E-state index in [1.807, 2.05) is 33.3 Å². The summed E-state index contributed by atoms with van der Waals surface area (Å²) >= 11 is 1.47. The van der Waals surface area contributed by atoms with Crippen LogP contribution in [-0.4, -0.2) is 226 Å². The van der Waals surface area contributed by atoms with Gasteiger partial charge in [0.2, 0.25) is 5.78 Å². The standard InChI is InChI=1S/C59H80N4O22S4/c1-28(2)60-36-27-77-43(26-40(36)73-8)82-52-49(66)47(63-85-45-25-38(65)53(86-12)31(5)79-45)29(3)80-57(52)81-39-18-16-14-15-17-20-59(71)34(19-21-88-89-87-13)46(39)48(62-58(70)76-11)50(67)54(59)83-44-24-37(64)51(30(4)78-44)84-56(69)33-22-41(74-9)42(75-10)23-35(33)61-55(68)32(6)72-7/h14-15,19,22-23,28-31,36-40,43-45,47,49,51-54,57,60,63-66,71H,6,21,24-27H2,1-5,7-13H3,(H,61,68)(H,62,70)/b15-14-,34-19?/t29-,30-,31-,36-,37-,38+,39?,40-,43-,44-,45+,47-,49+,51+,52-,53-,54?,57+,59?/m0/s1. The van der Waals surface area contributed by atoms with Crippen molar-refractivity contribution in [3.8, 4) is 35.2 Å². The molecule has 4 saturated heterocycles. The number of methoxy groups -OCH3 is 5. The first-order valence-electron chi connectivity index (χ1n) is 28.4. The minimum atomic E-state index is -2.64. The first-order chi connectivity index (χ1) is 42.5. The van der Waals surface area contributed by atoms with Gasteiger partial charge in [-0.15, -0.1) is 0 Å². The predicted molar refractivity (Wildman–Crippen MR) is 330 cm³/mol. The van der Waals surface area contributed by atoms with E-state index in [1.165, 1.54) is 95.7 Å². The fraction of sp³-hybridized carbons (Fsp3) is 0.627. The maximum atomic E-state index is 15.5. The van der Waals surface area contributed by atoms with Gasteiger partial charge in [0.05, 0.1) is 106 Å². The Kier molecular flexibility index (Phi) is 26.9. The average molecular weight is 1330 g/mol. The van der Waals surface area contributed by atoms with Crippen molar-refractivity contribution in [3.63, 3.8) is 0 Å². The van der Waals surface area contributed by atoms with Crippen LogP contribution in [0.2, 0.25) is 0 Å². The van der Waals surface area contributed by atoms with E-state index < -0.39 is 134 Å². The molecule has 492 valence electrons. The molecule has 0 aromatic heterocycles. The molecule has 1 aromatic rings. The molecule has 89 heavy (non-hydrogen) atoms. The molecule has 19 atom stereocenters. The number of aliphatic hydroxyl groups is 4. The zero-order chi connectivity index (χ0) is 64.9. The lowest BCUT2D eigenvalue weighted by molar-refractivity contribution is -0.336. The fourth-order valence-electron chi connectivity index (χ4n) is 10.8. The van der Waals surface area contributed by atoms with Crippen molar-refractivity contribution in [3.05, 3.63) is 65.1 Å². The molecule has 4 aliphatic heterocycles. The highest BCUT2D eigenvalue weighted by molar-refractivity contribution is 9.09. The number of ether oxygens (including phenoxy) is 13. The molecule has 0 saturated carbocycles. The number of rotatable bonds is 25. The summed E-state index contributed by atoms with van der Waals surface area (Å²) in [6.45, 7) is 12.7. The second-order valence-corrected chi connectivity index (χ2v) is 26.8.